The van der Waals surface area contributed by atoms with Gasteiger partial charge in [0.05, 0.1) is 12.3 Å². The molecule has 0 aliphatic rings. The summed E-state index contributed by atoms with van der Waals surface area (Å²) in [5, 5.41) is 0.253. The van der Waals surface area contributed by atoms with Gasteiger partial charge < -0.3 is 9.72 Å². The van der Waals surface area contributed by atoms with Gasteiger partial charge in [-0.3, -0.25) is 14.8 Å². The highest BCUT2D eigenvalue weighted by atomic mass is 32.1. The molecule has 2 heterocycles. The lowest BCUT2D eigenvalue weighted by molar-refractivity contribution is 0.309. The standard InChI is InChI=1S/C16H16N4O3S/c1-2-3-8-23-10-6-4-9(5-7-10)12-11-13(19-16(24)17-12)18-15(22)20-14(11)21/h4-7H,2-3,8H2,1H3,(H3,17,18,19,20,21,22,24). The van der Waals surface area contributed by atoms with Gasteiger partial charge in [0.25, 0.3) is 5.56 Å². The Morgan fingerprint density at radius 3 is 2.58 bits per heavy atom. The molecule has 0 saturated heterocycles. The van der Waals surface area contributed by atoms with Crippen molar-refractivity contribution < 1.29 is 4.74 Å². The number of unbranched alkanes of at least 4 members (excludes halogenated alkanes) is 1. The van der Waals surface area contributed by atoms with E-state index in [1.807, 2.05) is 24.3 Å². The van der Waals surface area contributed by atoms with Gasteiger partial charge in [-0.15, -0.1) is 0 Å². The Balaban J connectivity index is 2.08. The summed E-state index contributed by atoms with van der Waals surface area (Å²) in [5.41, 5.74) is 0.263. The number of fused-ring (bicyclic) bond motifs is 1. The van der Waals surface area contributed by atoms with Crippen LogP contribution >= 0.6 is 12.2 Å². The van der Waals surface area contributed by atoms with E-state index in [4.69, 9.17) is 17.0 Å². The van der Waals surface area contributed by atoms with Gasteiger partial charge in [0.2, 0.25) is 0 Å². The minimum Gasteiger partial charge on any atom is -0.494 e. The molecule has 7 nitrogen and oxygen atoms in total. The summed E-state index contributed by atoms with van der Waals surface area (Å²) in [4.78, 5) is 35.2. The highest BCUT2D eigenvalue weighted by Crippen LogP contribution is 2.24. The molecule has 0 bridgehead atoms. The van der Waals surface area contributed by atoms with Crippen LogP contribution in [0.2, 0.25) is 0 Å². The maximum Gasteiger partial charge on any atom is 0.327 e. The topological polar surface area (TPSA) is 104 Å². The van der Waals surface area contributed by atoms with Crippen LogP contribution in [0.5, 0.6) is 5.75 Å². The molecule has 3 aromatic rings. The smallest absolute Gasteiger partial charge is 0.327 e. The number of H-pyrrole nitrogens is 3. The van der Waals surface area contributed by atoms with Gasteiger partial charge in [0, 0.05) is 0 Å². The van der Waals surface area contributed by atoms with Crippen LogP contribution in [0.25, 0.3) is 22.3 Å². The van der Waals surface area contributed by atoms with Gasteiger partial charge >= 0.3 is 5.69 Å². The Morgan fingerprint density at radius 2 is 1.88 bits per heavy atom. The number of hydrogen-bond donors (Lipinski definition) is 3. The van der Waals surface area contributed by atoms with Gasteiger partial charge in [-0.1, -0.05) is 13.3 Å². The van der Waals surface area contributed by atoms with Crippen LogP contribution in [0.4, 0.5) is 0 Å². The SMILES string of the molecule is CCCCOc1ccc(-c2[nH]c(=S)nc3[nH]c(=O)[nH]c(=O)c23)cc1. The maximum absolute atomic E-state index is 12.2. The Kier molecular flexibility index (Phi) is 4.57. The van der Waals surface area contributed by atoms with E-state index in [0.717, 1.165) is 24.2 Å². The molecule has 124 valence electrons. The Hall–Kier alpha value is -2.74. The first-order valence-electron chi connectivity index (χ1n) is 7.58. The molecule has 8 heteroatoms. The number of nitrogens with one attached hydrogen (secondary N) is 3. The first kappa shape index (κ1) is 16.1. The zero-order valence-electron chi connectivity index (χ0n) is 13.0. The lowest BCUT2D eigenvalue weighted by atomic mass is 10.1. The lowest BCUT2D eigenvalue weighted by Crippen LogP contribution is -2.23. The van der Waals surface area contributed by atoms with E-state index in [2.05, 4.69) is 26.9 Å². The van der Waals surface area contributed by atoms with Crippen LogP contribution < -0.4 is 16.0 Å². The molecule has 3 N–H and O–H groups in total. The van der Waals surface area contributed by atoms with E-state index in [0.29, 0.717) is 12.3 Å². The Labute approximate surface area is 141 Å². The van der Waals surface area contributed by atoms with E-state index in [1.165, 1.54) is 0 Å². The molecule has 0 aliphatic carbocycles. The molecule has 3 rings (SSSR count). The van der Waals surface area contributed by atoms with Crippen molar-refractivity contribution >= 4 is 23.3 Å². The fourth-order valence-corrected chi connectivity index (χ4v) is 2.55. The normalized spacial score (nSPS) is 10.9. The second kappa shape index (κ2) is 6.79. The van der Waals surface area contributed by atoms with Crippen LogP contribution in [0.15, 0.2) is 33.9 Å². The zero-order valence-corrected chi connectivity index (χ0v) is 13.8. The van der Waals surface area contributed by atoms with Crippen molar-refractivity contribution in [3.63, 3.8) is 0 Å². The fraction of sp³-hybridized carbons (Fsp3) is 0.250. The molecule has 0 fully saturated rings. The largest absolute Gasteiger partial charge is 0.494 e. The summed E-state index contributed by atoms with van der Waals surface area (Å²) in [6.07, 6.45) is 2.06. The van der Waals surface area contributed by atoms with Crippen molar-refractivity contribution in [2.75, 3.05) is 6.61 Å². The summed E-state index contributed by atoms with van der Waals surface area (Å²) in [6, 6.07) is 7.31. The third kappa shape index (κ3) is 3.28. The monoisotopic (exact) mass is 344 g/mol. The number of hydrogen-bond acceptors (Lipinski definition) is 5. The highest BCUT2D eigenvalue weighted by molar-refractivity contribution is 7.71. The molecule has 0 amide bonds. The van der Waals surface area contributed by atoms with Crippen molar-refractivity contribution in [1.29, 1.82) is 0 Å². The molecule has 0 saturated carbocycles. The second-order valence-electron chi connectivity index (χ2n) is 5.28. The maximum atomic E-state index is 12.2. The van der Waals surface area contributed by atoms with Crippen molar-refractivity contribution in [3.8, 4) is 17.0 Å². The number of ether oxygens (including phenoxy) is 1. The summed E-state index contributed by atoms with van der Waals surface area (Å²) >= 11 is 5.08. The summed E-state index contributed by atoms with van der Waals surface area (Å²) in [7, 11) is 0. The second-order valence-corrected chi connectivity index (χ2v) is 5.66. The molecule has 0 aliphatic heterocycles. The van der Waals surface area contributed by atoms with E-state index >= 15 is 0 Å². The van der Waals surface area contributed by atoms with E-state index in [-0.39, 0.29) is 15.8 Å². The Bertz CT molecular complexity index is 1030. The van der Waals surface area contributed by atoms with E-state index in [9.17, 15) is 9.59 Å². The molecule has 1 aromatic carbocycles. The van der Waals surface area contributed by atoms with E-state index < -0.39 is 11.2 Å². The Morgan fingerprint density at radius 1 is 1.12 bits per heavy atom. The molecule has 0 spiro atoms. The van der Waals surface area contributed by atoms with Crippen molar-refractivity contribution in [2.24, 2.45) is 0 Å². The number of nitrogens with zero attached hydrogens (tertiary/aromatic N) is 1. The molecular formula is C16H16N4O3S. The fourth-order valence-electron chi connectivity index (χ4n) is 2.36. The minimum atomic E-state index is -0.619. The van der Waals surface area contributed by atoms with Gasteiger partial charge in [-0.05, 0) is 48.5 Å². The molecule has 24 heavy (non-hydrogen) atoms. The number of aromatic nitrogens is 4. The first-order chi connectivity index (χ1) is 11.6. The molecule has 0 radical (unpaired) electrons. The van der Waals surface area contributed by atoms with Gasteiger partial charge in [0.15, 0.2) is 10.4 Å². The van der Waals surface area contributed by atoms with Crippen molar-refractivity contribution in [1.82, 2.24) is 19.9 Å². The third-order valence-corrected chi connectivity index (χ3v) is 3.72. The average Bonchev–Trinajstić information content (AvgIpc) is 2.54. The molecule has 0 unspecified atom stereocenters. The summed E-state index contributed by atoms with van der Waals surface area (Å²) < 4.78 is 5.81. The summed E-state index contributed by atoms with van der Waals surface area (Å²) in [5.74, 6) is 0.756. The van der Waals surface area contributed by atoms with Crippen LogP contribution in [-0.2, 0) is 0 Å². The van der Waals surface area contributed by atoms with Crippen molar-refractivity contribution in [2.45, 2.75) is 19.8 Å². The van der Waals surface area contributed by atoms with Gasteiger partial charge in [-0.2, -0.15) is 0 Å². The van der Waals surface area contributed by atoms with Crippen LogP contribution in [-0.4, -0.2) is 26.5 Å². The van der Waals surface area contributed by atoms with Gasteiger partial charge in [-0.25, -0.2) is 9.78 Å². The van der Waals surface area contributed by atoms with Crippen LogP contribution in [0, 0.1) is 4.77 Å². The van der Waals surface area contributed by atoms with Crippen LogP contribution in [0.3, 0.4) is 0 Å². The van der Waals surface area contributed by atoms with E-state index in [1.54, 1.807) is 0 Å². The lowest BCUT2D eigenvalue weighted by Gasteiger charge is -2.08. The average molecular weight is 344 g/mol. The van der Waals surface area contributed by atoms with Crippen molar-refractivity contribution in [3.05, 3.63) is 49.9 Å². The predicted octanol–water partition coefficient (Wildman–Crippen LogP) is 2.51. The van der Waals surface area contributed by atoms with Crippen LogP contribution in [0.1, 0.15) is 19.8 Å². The predicted molar refractivity (Wildman–Crippen MR) is 94.0 cm³/mol. The number of rotatable bonds is 5. The molecule has 0 atom stereocenters. The molecular weight excluding hydrogens is 328 g/mol. The third-order valence-electron chi connectivity index (χ3n) is 3.53. The highest BCUT2D eigenvalue weighted by Gasteiger charge is 2.11. The number of aromatic amines is 3. The minimum absolute atomic E-state index is 0.158. The van der Waals surface area contributed by atoms with Gasteiger partial charge in [0.1, 0.15) is 11.1 Å². The zero-order chi connectivity index (χ0) is 17.1. The first-order valence-corrected chi connectivity index (χ1v) is 7.99. The number of benzene rings is 1. The summed E-state index contributed by atoms with van der Waals surface area (Å²) in [6.45, 7) is 2.77. The molecule has 2 aromatic heterocycles. The quantitative estimate of drug-likeness (QED) is 0.487.